The number of carbonyl (C=O) groups excluding carboxylic acids is 1. The SMILES string of the molecule is CCCCCCCC(=O)N/N=C1\CC2(CCN(C)CC2)OC1C. The lowest BCUT2D eigenvalue weighted by Gasteiger charge is -2.36. The topological polar surface area (TPSA) is 53.9 Å². The third-order valence-electron chi connectivity index (χ3n) is 5.13. The van der Waals surface area contributed by atoms with E-state index in [9.17, 15) is 4.79 Å². The van der Waals surface area contributed by atoms with Gasteiger partial charge in [0.15, 0.2) is 0 Å². The van der Waals surface area contributed by atoms with Gasteiger partial charge in [0.25, 0.3) is 0 Å². The fraction of sp³-hybridized carbons (Fsp3) is 0.889. The Hall–Kier alpha value is -0.940. The van der Waals surface area contributed by atoms with E-state index in [2.05, 4.69) is 29.4 Å². The molecule has 0 aliphatic carbocycles. The van der Waals surface area contributed by atoms with Gasteiger partial charge < -0.3 is 9.64 Å². The van der Waals surface area contributed by atoms with Crippen LogP contribution in [0.1, 0.15) is 71.6 Å². The van der Waals surface area contributed by atoms with Crippen molar-refractivity contribution in [3.8, 4) is 0 Å². The van der Waals surface area contributed by atoms with E-state index in [1.165, 1.54) is 19.3 Å². The normalized spacial score (nSPS) is 26.0. The molecule has 1 N–H and O–H groups in total. The predicted octanol–water partition coefficient (Wildman–Crippen LogP) is 3.09. The minimum atomic E-state index is -0.0460. The number of hydrogen-bond donors (Lipinski definition) is 1. The maximum Gasteiger partial charge on any atom is 0.240 e. The van der Waals surface area contributed by atoms with Gasteiger partial charge in [-0.25, -0.2) is 5.43 Å². The van der Waals surface area contributed by atoms with E-state index >= 15 is 0 Å². The van der Waals surface area contributed by atoms with Crippen molar-refractivity contribution in [3.63, 3.8) is 0 Å². The van der Waals surface area contributed by atoms with Crippen LogP contribution in [0.15, 0.2) is 5.10 Å². The number of rotatable bonds is 7. The Bertz CT molecular complexity index is 414. The summed E-state index contributed by atoms with van der Waals surface area (Å²) >= 11 is 0. The van der Waals surface area contributed by atoms with Gasteiger partial charge in [0.05, 0.1) is 17.4 Å². The van der Waals surface area contributed by atoms with Crippen LogP contribution in [-0.4, -0.2) is 48.4 Å². The summed E-state index contributed by atoms with van der Waals surface area (Å²) in [6, 6.07) is 0. The summed E-state index contributed by atoms with van der Waals surface area (Å²) < 4.78 is 6.20. The molecule has 0 radical (unpaired) electrons. The molecule has 2 rings (SSSR count). The van der Waals surface area contributed by atoms with Gasteiger partial charge in [0.1, 0.15) is 0 Å². The highest BCUT2D eigenvalue weighted by atomic mass is 16.5. The molecule has 0 bridgehead atoms. The molecule has 5 nitrogen and oxygen atoms in total. The smallest absolute Gasteiger partial charge is 0.240 e. The Balaban J connectivity index is 1.73. The number of hydrogen-bond acceptors (Lipinski definition) is 4. The van der Waals surface area contributed by atoms with Crippen molar-refractivity contribution in [2.75, 3.05) is 20.1 Å². The van der Waals surface area contributed by atoms with Crippen molar-refractivity contribution in [2.24, 2.45) is 5.10 Å². The van der Waals surface area contributed by atoms with Crippen LogP contribution in [0.3, 0.4) is 0 Å². The van der Waals surface area contributed by atoms with Crippen LogP contribution in [0, 0.1) is 0 Å². The van der Waals surface area contributed by atoms with Crippen molar-refractivity contribution in [1.82, 2.24) is 10.3 Å². The summed E-state index contributed by atoms with van der Waals surface area (Å²) in [4.78, 5) is 14.2. The molecule has 0 aromatic carbocycles. The lowest BCUT2D eigenvalue weighted by molar-refractivity contribution is -0.121. The molecule has 1 unspecified atom stereocenters. The van der Waals surface area contributed by atoms with Gasteiger partial charge in [-0.3, -0.25) is 4.79 Å². The number of amides is 1. The number of ether oxygens (including phenoxy) is 1. The zero-order valence-corrected chi connectivity index (χ0v) is 15.1. The summed E-state index contributed by atoms with van der Waals surface area (Å²) in [5, 5.41) is 4.37. The van der Waals surface area contributed by atoms with E-state index in [-0.39, 0.29) is 17.6 Å². The van der Waals surface area contributed by atoms with Gasteiger partial charge in [-0.05, 0) is 33.2 Å². The van der Waals surface area contributed by atoms with Gasteiger partial charge in [0, 0.05) is 25.9 Å². The van der Waals surface area contributed by atoms with Crippen molar-refractivity contribution in [1.29, 1.82) is 0 Å². The van der Waals surface area contributed by atoms with Gasteiger partial charge >= 0.3 is 0 Å². The Kier molecular flexibility index (Phi) is 7.03. The molecule has 2 fully saturated rings. The Morgan fingerprint density at radius 3 is 2.70 bits per heavy atom. The Morgan fingerprint density at radius 1 is 1.30 bits per heavy atom. The number of nitrogens with one attached hydrogen (secondary N) is 1. The summed E-state index contributed by atoms with van der Waals surface area (Å²) in [5.41, 5.74) is 3.68. The van der Waals surface area contributed by atoms with Crippen LogP contribution in [0.5, 0.6) is 0 Å². The van der Waals surface area contributed by atoms with Crippen molar-refractivity contribution in [3.05, 3.63) is 0 Å². The third-order valence-corrected chi connectivity index (χ3v) is 5.13. The largest absolute Gasteiger partial charge is 0.366 e. The molecule has 2 saturated heterocycles. The quantitative estimate of drug-likeness (QED) is 0.578. The molecule has 1 amide bonds. The van der Waals surface area contributed by atoms with Crippen molar-refractivity contribution >= 4 is 11.6 Å². The van der Waals surface area contributed by atoms with Crippen LogP contribution in [0.4, 0.5) is 0 Å². The van der Waals surface area contributed by atoms with Crippen molar-refractivity contribution < 1.29 is 9.53 Å². The first-order chi connectivity index (χ1) is 11.0. The van der Waals surface area contributed by atoms with Crippen LogP contribution < -0.4 is 5.43 Å². The van der Waals surface area contributed by atoms with E-state index in [4.69, 9.17) is 4.74 Å². The molecule has 2 aliphatic rings. The lowest BCUT2D eigenvalue weighted by atomic mass is 9.88. The fourth-order valence-electron chi connectivity index (χ4n) is 3.49. The van der Waals surface area contributed by atoms with Crippen molar-refractivity contribution in [2.45, 2.75) is 83.3 Å². The fourth-order valence-corrected chi connectivity index (χ4v) is 3.49. The number of piperidine rings is 1. The first-order valence-corrected chi connectivity index (χ1v) is 9.26. The molecule has 1 spiro atoms. The second-order valence-corrected chi connectivity index (χ2v) is 7.23. The Morgan fingerprint density at radius 2 is 2.00 bits per heavy atom. The maximum atomic E-state index is 11.9. The molecule has 0 aromatic heterocycles. The molecule has 5 heteroatoms. The number of nitrogens with zero attached hydrogens (tertiary/aromatic N) is 2. The number of carbonyl (C=O) groups is 1. The van der Waals surface area contributed by atoms with Gasteiger partial charge in [-0.1, -0.05) is 32.6 Å². The first kappa shape index (κ1) is 18.4. The van der Waals surface area contributed by atoms with Crippen LogP contribution in [0.25, 0.3) is 0 Å². The minimum absolute atomic E-state index is 0.0169. The predicted molar refractivity (Wildman–Crippen MR) is 93.6 cm³/mol. The van der Waals surface area contributed by atoms with Crippen LogP contribution in [-0.2, 0) is 9.53 Å². The van der Waals surface area contributed by atoms with Gasteiger partial charge in [0.2, 0.25) is 5.91 Å². The molecule has 1 atom stereocenters. The zero-order valence-electron chi connectivity index (χ0n) is 15.1. The van der Waals surface area contributed by atoms with E-state index in [1.807, 2.05) is 6.92 Å². The van der Waals surface area contributed by atoms with E-state index in [0.717, 1.165) is 50.9 Å². The highest BCUT2D eigenvalue weighted by Gasteiger charge is 2.44. The third kappa shape index (κ3) is 5.57. The number of unbranched alkanes of at least 4 members (excludes halogenated alkanes) is 4. The number of hydrazone groups is 1. The average molecular weight is 323 g/mol. The van der Waals surface area contributed by atoms with Gasteiger partial charge in [-0.15, -0.1) is 0 Å². The molecule has 0 aromatic rings. The molecular formula is C18H33N3O2. The zero-order chi connectivity index (χ0) is 16.7. The average Bonchev–Trinajstić information content (AvgIpc) is 2.84. The summed E-state index contributed by atoms with van der Waals surface area (Å²) in [6.07, 6.45) is 9.36. The monoisotopic (exact) mass is 323 g/mol. The van der Waals surface area contributed by atoms with E-state index in [0.29, 0.717) is 6.42 Å². The Labute approximate surface area is 140 Å². The number of likely N-dealkylation sites (tertiary alicyclic amines) is 1. The summed E-state index contributed by atoms with van der Waals surface area (Å²) in [5.74, 6) is 0.0329. The molecule has 23 heavy (non-hydrogen) atoms. The highest BCUT2D eigenvalue weighted by Crippen LogP contribution is 2.37. The lowest BCUT2D eigenvalue weighted by Crippen LogP contribution is -2.42. The second kappa shape index (κ2) is 8.78. The summed E-state index contributed by atoms with van der Waals surface area (Å²) in [7, 11) is 2.15. The second-order valence-electron chi connectivity index (χ2n) is 7.23. The molecule has 2 aliphatic heterocycles. The minimum Gasteiger partial charge on any atom is -0.366 e. The molecule has 132 valence electrons. The van der Waals surface area contributed by atoms with Gasteiger partial charge in [-0.2, -0.15) is 5.10 Å². The van der Waals surface area contributed by atoms with Crippen LogP contribution in [0.2, 0.25) is 0 Å². The van der Waals surface area contributed by atoms with E-state index < -0.39 is 0 Å². The molecular weight excluding hydrogens is 290 g/mol. The maximum absolute atomic E-state index is 11.9. The summed E-state index contributed by atoms with van der Waals surface area (Å²) in [6.45, 7) is 6.39. The molecule has 2 heterocycles. The first-order valence-electron chi connectivity index (χ1n) is 9.26. The standard InChI is InChI=1S/C18H33N3O2/c1-4-5-6-7-8-9-17(22)20-19-16-14-18(23-15(16)2)10-12-21(3)13-11-18/h15H,4-14H2,1-3H3,(H,20,22)/b19-16+. The molecule has 0 saturated carbocycles. The van der Waals surface area contributed by atoms with Crippen LogP contribution >= 0.6 is 0 Å². The highest BCUT2D eigenvalue weighted by molar-refractivity contribution is 5.92. The van der Waals surface area contributed by atoms with E-state index in [1.54, 1.807) is 0 Å².